The van der Waals surface area contributed by atoms with Gasteiger partial charge in [0.05, 0.1) is 0 Å². The second-order valence-corrected chi connectivity index (χ2v) is 3.65. The number of rotatable bonds is 3. The second kappa shape index (κ2) is 3.35. The van der Waals surface area contributed by atoms with Gasteiger partial charge in [-0.2, -0.15) is 0 Å². The van der Waals surface area contributed by atoms with Crippen molar-refractivity contribution in [2.45, 2.75) is 18.4 Å². The maximum Gasteiger partial charge on any atom is 0.0366 e. The van der Waals surface area contributed by atoms with Gasteiger partial charge in [-0.3, -0.25) is 0 Å². The van der Waals surface area contributed by atoms with Gasteiger partial charge >= 0.3 is 0 Å². The molecule has 1 nitrogen and oxygen atoms in total. The summed E-state index contributed by atoms with van der Waals surface area (Å²) in [6.45, 7) is 0. The molecular weight excluding hydrogens is 158 g/mol. The van der Waals surface area contributed by atoms with Crippen LogP contribution in [-0.2, 0) is 0 Å². The van der Waals surface area contributed by atoms with Crippen molar-refractivity contribution in [3.05, 3.63) is 42.0 Å². The predicted octanol–water partition coefficient (Wildman–Crippen LogP) is 2.45. The zero-order valence-electron chi connectivity index (χ0n) is 7.96. The lowest BCUT2D eigenvalue weighted by atomic mass is 10.1. The summed E-state index contributed by atoms with van der Waals surface area (Å²) in [5.74, 6) is 0. The first kappa shape index (κ1) is 8.52. The van der Waals surface area contributed by atoms with Crippen LogP contribution in [0.5, 0.6) is 0 Å². The highest BCUT2D eigenvalue weighted by Crippen LogP contribution is 2.36. The summed E-state index contributed by atoms with van der Waals surface area (Å²) in [4.78, 5) is 0. The number of hydrogen-bond acceptors (Lipinski definition) is 1. The largest absolute Gasteiger partial charge is 0.311 e. The van der Waals surface area contributed by atoms with E-state index in [9.17, 15) is 0 Å². The molecule has 1 fully saturated rings. The third-order valence-electron chi connectivity index (χ3n) is 2.68. The minimum Gasteiger partial charge on any atom is -0.311 e. The summed E-state index contributed by atoms with van der Waals surface area (Å²) in [5.41, 5.74) is 1.60. The molecular formula is C12H15N. The van der Waals surface area contributed by atoms with Crippen LogP contribution in [-0.4, -0.2) is 12.6 Å². The minimum absolute atomic E-state index is 0.315. The Morgan fingerprint density at radius 1 is 1.23 bits per heavy atom. The molecule has 2 rings (SSSR count). The Morgan fingerprint density at radius 3 is 2.46 bits per heavy atom. The summed E-state index contributed by atoms with van der Waals surface area (Å²) in [7, 11) is 2.03. The van der Waals surface area contributed by atoms with Crippen molar-refractivity contribution >= 4 is 6.08 Å². The summed E-state index contributed by atoms with van der Waals surface area (Å²) in [6.07, 6.45) is 7.02. The summed E-state index contributed by atoms with van der Waals surface area (Å²) < 4.78 is 0. The Morgan fingerprint density at radius 2 is 1.92 bits per heavy atom. The predicted molar refractivity (Wildman–Crippen MR) is 56.5 cm³/mol. The van der Waals surface area contributed by atoms with E-state index in [0.29, 0.717) is 5.54 Å². The molecule has 0 radical (unpaired) electrons. The van der Waals surface area contributed by atoms with Gasteiger partial charge in [0.25, 0.3) is 0 Å². The van der Waals surface area contributed by atoms with Gasteiger partial charge in [0.15, 0.2) is 0 Å². The molecule has 1 aromatic carbocycles. The first-order valence-electron chi connectivity index (χ1n) is 4.78. The molecule has 0 atom stereocenters. The number of hydrogen-bond donors (Lipinski definition) is 1. The van der Waals surface area contributed by atoms with E-state index in [-0.39, 0.29) is 0 Å². The standard InChI is InChI=1S/C12H15N/c1-13-12(9-10-12)8-7-11-5-3-2-4-6-11/h2-8,13H,9-10H2,1H3/b8-7+. The van der Waals surface area contributed by atoms with E-state index >= 15 is 0 Å². The third-order valence-corrected chi connectivity index (χ3v) is 2.68. The molecule has 0 aromatic heterocycles. The zero-order valence-corrected chi connectivity index (χ0v) is 7.96. The smallest absolute Gasteiger partial charge is 0.0366 e. The maximum atomic E-state index is 3.34. The molecule has 1 saturated carbocycles. The lowest BCUT2D eigenvalue weighted by molar-refractivity contribution is 0.673. The van der Waals surface area contributed by atoms with Crippen LogP contribution in [0.3, 0.4) is 0 Å². The third kappa shape index (κ3) is 1.99. The molecule has 0 heterocycles. The molecule has 1 N–H and O–H groups in total. The molecule has 0 aliphatic heterocycles. The van der Waals surface area contributed by atoms with Crippen molar-refractivity contribution in [1.29, 1.82) is 0 Å². The molecule has 0 spiro atoms. The van der Waals surface area contributed by atoms with Crippen LogP contribution in [0.25, 0.3) is 6.08 Å². The van der Waals surface area contributed by atoms with Gasteiger partial charge in [-0.1, -0.05) is 42.5 Å². The van der Waals surface area contributed by atoms with Gasteiger partial charge in [0.1, 0.15) is 0 Å². The van der Waals surface area contributed by atoms with E-state index in [2.05, 4.69) is 41.7 Å². The fraction of sp³-hybridized carbons (Fsp3) is 0.333. The van der Waals surface area contributed by atoms with Crippen LogP contribution in [0, 0.1) is 0 Å². The summed E-state index contributed by atoms with van der Waals surface area (Å²) in [5, 5.41) is 3.34. The topological polar surface area (TPSA) is 12.0 Å². The van der Waals surface area contributed by atoms with Gasteiger partial charge in [0.2, 0.25) is 0 Å². The van der Waals surface area contributed by atoms with E-state index in [4.69, 9.17) is 0 Å². The molecule has 0 unspecified atom stereocenters. The lowest BCUT2D eigenvalue weighted by Crippen LogP contribution is -2.23. The molecule has 13 heavy (non-hydrogen) atoms. The number of benzene rings is 1. The van der Waals surface area contributed by atoms with Gasteiger partial charge in [-0.25, -0.2) is 0 Å². The Labute approximate surface area is 79.5 Å². The average molecular weight is 173 g/mol. The Bertz CT molecular complexity index is 296. The molecule has 1 heteroatoms. The van der Waals surface area contributed by atoms with Gasteiger partial charge in [-0.05, 0) is 25.5 Å². The van der Waals surface area contributed by atoms with Gasteiger partial charge in [-0.15, -0.1) is 0 Å². The lowest BCUT2D eigenvalue weighted by Gasteiger charge is -2.06. The van der Waals surface area contributed by atoms with Gasteiger partial charge in [0, 0.05) is 5.54 Å². The van der Waals surface area contributed by atoms with Crippen LogP contribution in [0.1, 0.15) is 18.4 Å². The maximum absolute atomic E-state index is 3.34. The quantitative estimate of drug-likeness (QED) is 0.740. The Balaban J connectivity index is 2.06. The number of nitrogens with one attached hydrogen (secondary N) is 1. The van der Waals surface area contributed by atoms with Crippen LogP contribution in [0.4, 0.5) is 0 Å². The summed E-state index contributed by atoms with van der Waals surface area (Å²) in [6, 6.07) is 10.4. The molecule has 1 aliphatic rings. The molecule has 0 bridgehead atoms. The van der Waals surface area contributed by atoms with Crippen LogP contribution in [0.15, 0.2) is 36.4 Å². The molecule has 0 amide bonds. The molecule has 68 valence electrons. The highest BCUT2D eigenvalue weighted by Gasteiger charge is 2.37. The normalized spacial score (nSPS) is 19.2. The first-order valence-corrected chi connectivity index (χ1v) is 4.78. The highest BCUT2D eigenvalue weighted by atomic mass is 15.0. The summed E-state index contributed by atoms with van der Waals surface area (Å²) >= 11 is 0. The van der Waals surface area contributed by atoms with Crippen molar-refractivity contribution in [3.8, 4) is 0 Å². The SMILES string of the molecule is CNC1(/C=C/c2ccccc2)CC1. The van der Waals surface area contributed by atoms with E-state index in [1.165, 1.54) is 18.4 Å². The fourth-order valence-electron chi connectivity index (χ4n) is 1.45. The Hall–Kier alpha value is -1.08. The van der Waals surface area contributed by atoms with E-state index in [1.807, 2.05) is 13.1 Å². The first-order chi connectivity index (χ1) is 6.35. The Kier molecular flexibility index (Phi) is 2.19. The van der Waals surface area contributed by atoms with Crippen molar-refractivity contribution in [1.82, 2.24) is 5.32 Å². The van der Waals surface area contributed by atoms with Crippen molar-refractivity contribution < 1.29 is 0 Å². The van der Waals surface area contributed by atoms with E-state index in [1.54, 1.807) is 0 Å². The molecule has 0 saturated heterocycles. The molecule has 1 aliphatic carbocycles. The van der Waals surface area contributed by atoms with E-state index in [0.717, 1.165) is 0 Å². The van der Waals surface area contributed by atoms with Crippen molar-refractivity contribution in [2.24, 2.45) is 0 Å². The zero-order chi connectivity index (χ0) is 9.15. The fourth-order valence-corrected chi connectivity index (χ4v) is 1.45. The highest BCUT2D eigenvalue weighted by molar-refractivity contribution is 5.51. The van der Waals surface area contributed by atoms with Crippen LogP contribution >= 0.6 is 0 Å². The van der Waals surface area contributed by atoms with Crippen molar-refractivity contribution in [3.63, 3.8) is 0 Å². The second-order valence-electron chi connectivity index (χ2n) is 3.65. The number of likely N-dealkylation sites (N-methyl/N-ethyl adjacent to an activating group) is 1. The molecule has 1 aromatic rings. The van der Waals surface area contributed by atoms with E-state index < -0.39 is 0 Å². The minimum atomic E-state index is 0.315. The average Bonchev–Trinajstić information content (AvgIpc) is 2.97. The van der Waals surface area contributed by atoms with Crippen LogP contribution < -0.4 is 5.32 Å². The van der Waals surface area contributed by atoms with Crippen molar-refractivity contribution in [2.75, 3.05) is 7.05 Å². The monoisotopic (exact) mass is 173 g/mol. The van der Waals surface area contributed by atoms with Gasteiger partial charge < -0.3 is 5.32 Å². The van der Waals surface area contributed by atoms with Crippen LogP contribution in [0.2, 0.25) is 0 Å².